The van der Waals surface area contributed by atoms with Crippen LogP contribution in [0.1, 0.15) is 21.5 Å². The van der Waals surface area contributed by atoms with Gasteiger partial charge in [-0.1, -0.05) is 18.2 Å². The van der Waals surface area contributed by atoms with E-state index in [1.807, 2.05) is 0 Å². The second-order valence-corrected chi connectivity index (χ2v) is 6.00. The Bertz CT molecular complexity index is 823. The van der Waals surface area contributed by atoms with Gasteiger partial charge in [0.1, 0.15) is 11.8 Å². The lowest BCUT2D eigenvalue weighted by molar-refractivity contribution is -0.142. The van der Waals surface area contributed by atoms with Crippen molar-refractivity contribution in [3.05, 3.63) is 59.2 Å². The van der Waals surface area contributed by atoms with Gasteiger partial charge in [0.2, 0.25) is 0 Å². The summed E-state index contributed by atoms with van der Waals surface area (Å²) in [5, 5.41) is 21.8. The number of nitrogens with one attached hydrogen (secondary N) is 1. The lowest BCUT2D eigenvalue weighted by Crippen LogP contribution is -2.43. The molecular weight excluding hydrogens is 337 g/mol. The molecule has 7 nitrogen and oxygen atoms in total. The molecule has 0 radical (unpaired) electrons. The summed E-state index contributed by atoms with van der Waals surface area (Å²) < 4.78 is 9.89. The van der Waals surface area contributed by atoms with Crippen LogP contribution in [-0.4, -0.2) is 42.3 Å². The topological polar surface area (TPSA) is 105 Å². The van der Waals surface area contributed by atoms with Crippen molar-refractivity contribution in [2.75, 3.05) is 7.11 Å². The number of benzene rings is 2. The highest BCUT2D eigenvalue weighted by molar-refractivity contribution is 6.61. The predicted octanol–water partition coefficient (Wildman–Crippen LogP) is 0.124. The Labute approximate surface area is 150 Å². The van der Waals surface area contributed by atoms with Gasteiger partial charge in [-0.15, -0.1) is 0 Å². The molecule has 2 aromatic carbocycles. The number of carbonyl (C=O) groups is 2. The fourth-order valence-corrected chi connectivity index (χ4v) is 2.80. The molecule has 0 bridgehead atoms. The zero-order valence-electron chi connectivity index (χ0n) is 14.1. The Morgan fingerprint density at radius 1 is 1.27 bits per heavy atom. The largest absolute Gasteiger partial charge is 0.508 e. The van der Waals surface area contributed by atoms with Crippen molar-refractivity contribution in [2.45, 2.75) is 19.1 Å². The van der Waals surface area contributed by atoms with Crippen molar-refractivity contribution in [1.29, 1.82) is 0 Å². The number of methoxy groups -OCH3 is 1. The van der Waals surface area contributed by atoms with Crippen molar-refractivity contribution in [3.8, 4) is 5.75 Å². The van der Waals surface area contributed by atoms with Crippen LogP contribution in [0.4, 0.5) is 0 Å². The van der Waals surface area contributed by atoms with Gasteiger partial charge in [0.25, 0.3) is 5.91 Å². The molecule has 0 saturated heterocycles. The Morgan fingerprint density at radius 3 is 2.69 bits per heavy atom. The summed E-state index contributed by atoms with van der Waals surface area (Å²) in [7, 11) is 0.202. The third kappa shape index (κ3) is 3.87. The maximum absolute atomic E-state index is 12.5. The van der Waals surface area contributed by atoms with Crippen LogP contribution in [0.15, 0.2) is 42.5 Å². The van der Waals surface area contributed by atoms with Crippen LogP contribution in [0.3, 0.4) is 0 Å². The minimum atomic E-state index is -1.05. The zero-order chi connectivity index (χ0) is 18.7. The van der Waals surface area contributed by atoms with Crippen molar-refractivity contribution < 1.29 is 29.1 Å². The van der Waals surface area contributed by atoms with E-state index < -0.39 is 25.0 Å². The number of ether oxygens (including phenoxy) is 1. The minimum absolute atomic E-state index is 0.117. The van der Waals surface area contributed by atoms with Crippen molar-refractivity contribution in [3.63, 3.8) is 0 Å². The van der Waals surface area contributed by atoms with Gasteiger partial charge in [0, 0.05) is 12.0 Å². The van der Waals surface area contributed by atoms with Crippen molar-refractivity contribution in [2.24, 2.45) is 0 Å². The molecule has 1 heterocycles. The number of carbonyl (C=O) groups excluding carboxylic acids is 2. The van der Waals surface area contributed by atoms with Gasteiger partial charge in [-0.05, 0) is 40.9 Å². The summed E-state index contributed by atoms with van der Waals surface area (Å²) >= 11 is 0. The minimum Gasteiger partial charge on any atom is -0.508 e. The summed E-state index contributed by atoms with van der Waals surface area (Å²) in [4.78, 5) is 24.6. The molecule has 8 heteroatoms. The molecule has 1 aliphatic heterocycles. The molecule has 1 atom stereocenters. The van der Waals surface area contributed by atoms with Crippen LogP contribution in [0.25, 0.3) is 0 Å². The van der Waals surface area contributed by atoms with E-state index in [9.17, 15) is 19.7 Å². The second-order valence-electron chi connectivity index (χ2n) is 6.00. The maximum Gasteiger partial charge on any atom is 0.491 e. The summed E-state index contributed by atoms with van der Waals surface area (Å²) in [6.45, 7) is 0.296. The lowest BCUT2D eigenvalue weighted by Gasteiger charge is -2.17. The molecule has 0 aliphatic carbocycles. The molecular formula is C18H18BNO6. The molecule has 2 aromatic rings. The Hall–Kier alpha value is -2.84. The summed E-state index contributed by atoms with van der Waals surface area (Å²) in [5.74, 6) is -0.914. The number of fused-ring (bicyclic) bond motifs is 1. The number of hydrogen-bond acceptors (Lipinski definition) is 6. The van der Waals surface area contributed by atoms with Gasteiger partial charge in [-0.3, -0.25) is 4.79 Å². The zero-order valence-corrected chi connectivity index (χ0v) is 14.1. The smallest absolute Gasteiger partial charge is 0.491 e. The number of phenolic OH excluding ortho intramolecular Hbond substituents is 1. The first-order valence-corrected chi connectivity index (χ1v) is 8.07. The van der Waals surface area contributed by atoms with Gasteiger partial charge in [0.05, 0.1) is 13.7 Å². The number of rotatable bonds is 5. The standard InChI is InChI=1S/C18H18BNO6/c1-25-18(23)16(8-11-2-6-14(21)7-3-11)20-17(22)12-4-5-13-10-26-19(24)15(13)9-12/h2-7,9,16,21,24H,8,10H2,1H3,(H,20,22)/t16-/m0/s1. The molecule has 1 aliphatic rings. The number of phenols is 1. The van der Waals surface area contributed by atoms with E-state index >= 15 is 0 Å². The van der Waals surface area contributed by atoms with Crippen LogP contribution < -0.4 is 10.8 Å². The first kappa shape index (κ1) is 18.0. The van der Waals surface area contributed by atoms with Crippen LogP contribution in [-0.2, 0) is 27.2 Å². The molecule has 0 fully saturated rings. The predicted molar refractivity (Wildman–Crippen MR) is 93.9 cm³/mol. The molecule has 3 rings (SSSR count). The second kappa shape index (κ2) is 7.59. The highest BCUT2D eigenvalue weighted by atomic mass is 16.5. The van der Waals surface area contributed by atoms with E-state index in [-0.39, 0.29) is 12.2 Å². The first-order chi connectivity index (χ1) is 12.5. The van der Waals surface area contributed by atoms with Gasteiger partial charge >= 0.3 is 13.1 Å². The number of amides is 1. The van der Waals surface area contributed by atoms with Gasteiger partial charge in [-0.25, -0.2) is 4.79 Å². The van der Waals surface area contributed by atoms with Crippen LogP contribution in [0.5, 0.6) is 5.75 Å². The van der Waals surface area contributed by atoms with Gasteiger partial charge in [-0.2, -0.15) is 0 Å². The van der Waals surface area contributed by atoms with Gasteiger partial charge < -0.3 is 24.8 Å². The molecule has 0 unspecified atom stereocenters. The third-order valence-corrected chi connectivity index (χ3v) is 4.24. The molecule has 134 valence electrons. The monoisotopic (exact) mass is 355 g/mol. The number of esters is 1. The molecule has 1 amide bonds. The van der Waals surface area contributed by atoms with E-state index in [1.54, 1.807) is 30.3 Å². The van der Waals surface area contributed by atoms with E-state index in [0.29, 0.717) is 17.6 Å². The van der Waals surface area contributed by atoms with Crippen LogP contribution in [0, 0.1) is 0 Å². The van der Waals surface area contributed by atoms with E-state index in [2.05, 4.69) is 5.32 Å². The van der Waals surface area contributed by atoms with Crippen LogP contribution in [0.2, 0.25) is 0 Å². The van der Waals surface area contributed by atoms with E-state index in [1.165, 1.54) is 19.2 Å². The Morgan fingerprint density at radius 2 is 2.00 bits per heavy atom. The summed E-state index contributed by atoms with van der Waals surface area (Å²) in [6.07, 6.45) is 0.218. The van der Waals surface area contributed by atoms with E-state index in [0.717, 1.165) is 11.1 Å². The lowest BCUT2D eigenvalue weighted by atomic mass is 9.78. The highest BCUT2D eigenvalue weighted by Gasteiger charge is 2.29. The van der Waals surface area contributed by atoms with Crippen molar-refractivity contribution >= 4 is 24.5 Å². The third-order valence-electron chi connectivity index (χ3n) is 4.24. The Balaban J connectivity index is 1.76. The average Bonchev–Trinajstić information content (AvgIpc) is 3.02. The molecule has 0 spiro atoms. The molecule has 0 aromatic heterocycles. The van der Waals surface area contributed by atoms with Crippen molar-refractivity contribution in [1.82, 2.24) is 5.32 Å². The van der Waals surface area contributed by atoms with Crippen LogP contribution >= 0.6 is 0 Å². The van der Waals surface area contributed by atoms with Gasteiger partial charge in [0.15, 0.2) is 0 Å². The van der Waals surface area contributed by atoms with E-state index in [4.69, 9.17) is 9.39 Å². The summed E-state index contributed by atoms with van der Waals surface area (Å²) in [6, 6.07) is 10.4. The highest BCUT2D eigenvalue weighted by Crippen LogP contribution is 2.14. The first-order valence-electron chi connectivity index (χ1n) is 8.07. The average molecular weight is 355 g/mol. The Kier molecular flexibility index (Phi) is 5.25. The summed E-state index contributed by atoms with van der Waals surface area (Å²) in [5.41, 5.74) is 2.44. The molecule has 0 saturated carbocycles. The number of hydrogen-bond donors (Lipinski definition) is 3. The fraction of sp³-hybridized carbons (Fsp3) is 0.222. The normalized spacial score (nSPS) is 13.8. The fourth-order valence-electron chi connectivity index (χ4n) is 2.80. The molecule has 3 N–H and O–H groups in total. The number of aromatic hydroxyl groups is 1. The quantitative estimate of drug-likeness (QED) is 0.520. The SMILES string of the molecule is COC(=O)[C@H](Cc1ccc(O)cc1)NC(=O)c1ccc2c(c1)B(O)OC2. The molecule has 26 heavy (non-hydrogen) atoms. The maximum atomic E-state index is 12.5.